The summed E-state index contributed by atoms with van der Waals surface area (Å²) in [7, 11) is 0. The summed E-state index contributed by atoms with van der Waals surface area (Å²) in [5.41, 5.74) is 0. The molecule has 0 saturated heterocycles. The topological polar surface area (TPSA) is 78.9 Å². The van der Waals surface area contributed by atoms with Gasteiger partial charge in [0.2, 0.25) is 0 Å². The zero-order valence-electron chi connectivity index (χ0n) is 55.3. The van der Waals surface area contributed by atoms with Crippen molar-refractivity contribution in [1.29, 1.82) is 0 Å². The van der Waals surface area contributed by atoms with Crippen molar-refractivity contribution in [3.05, 3.63) is 48.6 Å². The predicted octanol–water partition coefficient (Wildman–Crippen LogP) is 25.3. The number of ether oxygens (including phenoxy) is 3. The molecule has 0 heterocycles. The molecule has 0 radical (unpaired) electrons. The van der Waals surface area contributed by atoms with Gasteiger partial charge in [0.1, 0.15) is 13.2 Å². The molecule has 0 spiro atoms. The SMILES string of the molecule is CCCCCCC/C=C\C/C=C\C/C=C\CCCCCCCCCCC(=O)OCC(COC(=O)CCCCCCCCC/C=C\CCCCCCCCC)OC(=O)CCCCCCCCCCCCCCCCCCCCCCCCC. The van der Waals surface area contributed by atoms with Gasteiger partial charge >= 0.3 is 17.9 Å². The first kappa shape index (κ1) is 79.4. The molecule has 6 heteroatoms. The maximum absolute atomic E-state index is 13.0. The Balaban J connectivity index is 4.33. The maximum Gasteiger partial charge on any atom is 0.306 e. The van der Waals surface area contributed by atoms with Gasteiger partial charge in [0.25, 0.3) is 0 Å². The van der Waals surface area contributed by atoms with Crippen LogP contribution in [-0.2, 0) is 28.6 Å². The number of hydrogen-bond donors (Lipinski definition) is 0. The van der Waals surface area contributed by atoms with Gasteiger partial charge < -0.3 is 14.2 Å². The van der Waals surface area contributed by atoms with Crippen LogP contribution in [0.3, 0.4) is 0 Å². The van der Waals surface area contributed by atoms with E-state index in [1.165, 1.54) is 283 Å². The van der Waals surface area contributed by atoms with Gasteiger partial charge in [0.05, 0.1) is 0 Å². The number of carbonyl (C=O) groups is 3. The van der Waals surface area contributed by atoms with Gasteiger partial charge in [-0.15, -0.1) is 0 Å². The van der Waals surface area contributed by atoms with Crippen LogP contribution < -0.4 is 0 Å². The molecule has 0 aromatic rings. The standard InChI is InChI=1S/C76H140O6/c1-4-7-10-13-16-19-22-25-28-31-34-36-38-40-42-45-48-51-54-57-60-63-66-69-75(78)81-72-73(71-80-74(77)68-65-62-59-56-53-50-47-44-33-30-27-24-21-18-15-12-9-6-3)82-76(79)70-67-64-61-58-55-52-49-46-43-41-39-37-35-32-29-26-23-20-17-14-11-8-5-2/h22,25,30-31,33-34,38,40,73H,4-21,23-24,26-29,32,35-37,39,41-72H2,1-3H3/b25-22-,33-30-,34-31-,40-38-. The molecule has 0 aromatic heterocycles. The third-order valence-corrected chi connectivity index (χ3v) is 16.6. The summed E-state index contributed by atoms with van der Waals surface area (Å²) in [6.07, 6.45) is 89.9. The van der Waals surface area contributed by atoms with Gasteiger partial charge in [-0.2, -0.15) is 0 Å². The normalized spacial score (nSPS) is 12.3. The van der Waals surface area contributed by atoms with Crippen LogP contribution in [0.25, 0.3) is 0 Å². The van der Waals surface area contributed by atoms with Crippen LogP contribution in [0.15, 0.2) is 48.6 Å². The van der Waals surface area contributed by atoms with Crippen LogP contribution in [0.5, 0.6) is 0 Å². The molecule has 0 bridgehead atoms. The Bertz CT molecular complexity index is 1410. The van der Waals surface area contributed by atoms with Crippen LogP contribution >= 0.6 is 0 Å². The average Bonchev–Trinajstić information content (AvgIpc) is 3.47. The molecule has 0 aromatic carbocycles. The van der Waals surface area contributed by atoms with Crippen molar-refractivity contribution in [2.75, 3.05) is 13.2 Å². The van der Waals surface area contributed by atoms with Gasteiger partial charge in [0.15, 0.2) is 6.10 Å². The smallest absolute Gasteiger partial charge is 0.306 e. The highest BCUT2D eigenvalue weighted by atomic mass is 16.6. The second-order valence-corrected chi connectivity index (χ2v) is 24.9. The van der Waals surface area contributed by atoms with E-state index < -0.39 is 6.10 Å². The van der Waals surface area contributed by atoms with Crippen molar-refractivity contribution in [3.63, 3.8) is 0 Å². The van der Waals surface area contributed by atoms with E-state index in [-0.39, 0.29) is 31.1 Å². The molecular weight excluding hydrogens is 1010 g/mol. The van der Waals surface area contributed by atoms with E-state index in [1.54, 1.807) is 0 Å². The third-order valence-electron chi connectivity index (χ3n) is 16.6. The van der Waals surface area contributed by atoms with Gasteiger partial charge in [0, 0.05) is 19.3 Å². The highest BCUT2D eigenvalue weighted by molar-refractivity contribution is 5.71. The van der Waals surface area contributed by atoms with Crippen LogP contribution in [0.1, 0.15) is 400 Å². The summed E-state index contributed by atoms with van der Waals surface area (Å²) in [4.78, 5) is 38.5. The zero-order valence-corrected chi connectivity index (χ0v) is 55.3. The van der Waals surface area contributed by atoms with Gasteiger partial charge in [-0.1, -0.05) is 345 Å². The Morgan fingerprint density at radius 2 is 0.439 bits per heavy atom. The Hall–Kier alpha value is -2.63. The van der Waals surface area contributed by atoms with Crippen molar-refractivity contribution in [2.24, 2.45) is 0 Å². The summed E-state index contributed by atoms with van der Waals surface area (Å²) in [6, 6.07) is 0. The van der Waals surface area contributed by atoms with E-state index in [2.05, 4.69) is 69.4 Å². The Kier molecular flexibility index (Phi) is 68.6. The van der Waals surface area contributed by atoms with Crippen LogP contribution in [0, 0.1) is 0 Å². The lowest BCUT2D eigenvalue weighted by Crippen LogP contribution is -2.30. The summed E-state index contributed by atoms with van der Waals surface area (Å²) in [6.45, 7) is 6.69. The first-order chi connectivity index (χ1) is 40.5. The minimum atomic E-state index is -0.778. The van der Waals surface area contributed by atoms with Crippen molar-refractivity contribution in [3.8, 4) is 0 Å². The quantitative estimate of drug-likeness (QED) is 0.0261. The van der Waals surface area contributed by atoms with Gasteiger partial charge in [-0.25, -0.2) is 0 Å². The van der Waals surface area contributed by atoms with E-state index in [4.69, 9.17) is 14.2 Å². The molecule has 0 fully saturated rings. The number of carbonyl (C=O) groups excluding carboxylic acids is 3. The average molecular weight is 1150 g/mol. The lowest BCUT2D eigenvalue weighted by molar-refractivity contribution is -0.167. The Morgan fingerprint density at radius 3 is 0.695 bits per heavy atom. The molecule has 1 atom stereocenters. The molecule has 0 amide bonds. The number of unbranched alkanes of at least 4 members (excludes halogenated alkanes) is 49. The Morgan fingerprint density at radius 1 is 0.244 bits per heavy atom. The molecule has 6 nitrogen and oxygen atoms in total. The van der Waals surface area contributed by atoms with Crippen molar-refractivity contribution >= 4 is 17.9 Å². The zero-order chi connectivity index (χ0) is 59.2. The summed E-state index contributed by atoms with van der Waals surface area (Å²) in [5, 5.41) is 0. The lowest BCUT2D eigenvalue weighted by atomic mass is 10.0. The van der Waals surface area contributed by atoms with Crippen LogP contribution in [0.2, 0.25) is 0 Å². The first-order valence-corrected chi connectivity index (χ1v) is 36.6. The predicted molar refractivity (Wildman–Crippen MR) is 358 cm³/mol. The first-order valence-electron chi connectivity index (χ1n) is 36.6. The maximum atomic E-state index is 13.0. The monoisotopic (exact) mass is 1150 g/mol. The van der Waals surface area contributed by atoms with E-state index in [0.717, 1.165) is 77.0 Å². The fourth-order valence-corrected chi connectivity index (χ4v) is 11.0. The molecule has 0 N–H and O–H groups in total. The van der Waals surface area contributed by atoms with E-state index in [1.807, 2.05) is 0 Å². The highest BCUT2D eigenvalue weighted by Gasteiger charge is 2.19. The molecule has 480 valence electrons. The van der Waals surface area contributed by atoms with Gasteiger partial charge in [-0.3, -0.25) is 14.4 Å². The molecule has 1 unspecified atom stereocenters. The van der Waals surface area contributed by atoms with Gasteiger partial charge in [-0.05, 0) is 83.5 Å². The van der Waals surface area contributed by atoms with Crippen molar-refractivity contribution in [1.82, 2.24) is 0 Å². The number of rotatable bonds is 68. The van der Waals surface area contributed by atoms with E-state index in [0.29, 0.717) is 19.3 Å². The number of allylic oxidation sites excluding steroid dienone is 8. The summed E-state index contributed by atoms with van der Waals surface area (Å²) < 4.78 is 17.0. The lowest BCUT2D eigenvalue weighted by Gasteiger charge is -2.18. The molecule has 0 saturated carbocycles. The second kappa shape index (κ2) is 70.9. The molecule has 0 aliphatic heterocycles. The Labute approximate surface area is 511 Å². The van der Waals surface area contributed by atoms with E-state index >= 15 is 0 Å². The number of esters is 3. The number of hydrogen-bond acceptors (Lipinski definition) is 6. The molecule has 0 aliphatic rings. The third kappa shape index (κ3) is 68.2. The molecule has 0 aliphatic carbocycles. The summed E-state index contributed by atoms with van der Waals surface area (Å²) in [5.74, 6) is -0.855. The molecular formula is C76H140O6. The molecule has 0 rings (SSSR count). The fourth-order valence-electron chi connectivity index (χ4n) is 11.0. The second-order valence-electron chi connectivity index (χ2n) is 24.9. The van der Waals surface area contributed by atoms with Crippen molar-refractivity contribution < 1.29 is 28.6 Å². The highest BCUT2D eigenvalue weighted by Crippen LogP contribution is 2.18. The van der Waals surface area contributed by atoms with E-state index in [9.17, 15) is 14.4 Å². The largest absolute Gasteiger partial charge is 0.462 e. The minimum absolute atomic E-state index is 0.0736. The summed E-state index contributed by atoms with van der Waals surface area (Å²) >= 11 is 0. The molecule has 82 heavy (non-hydrogen) atoms. The van der Waals surface area contributed by atoms with Crippen LogP contribution in [0.4, 0.5) is 0 Å². The minimum Gasteiger partial charge on any atom is -0.462 e. The van der Waals surface area contributed by atoms with Crippen molar-refractivity contribution in [2.45, 2.75) is 406 Å². The fraction of sp³-hybridized carbons (Fsp3) is 0.855. The van der Waals surface area contributed by atoms with Crippen LogP contribution in [-0.4, -0.2) is 37.2 Å².